The van der Waals surface area contributed by atoms with Crippen molar-refractivity contribution in [3.05, 3.63) is 27.7 Å². The lowest BCUT2D eigenvalue weighted by atomic mass is 9.64. The Kier molecular flexibility index (Phi) is 3.75. The van der Waals surface area contributed by atoms with E-state index in [0.717, 1.165) is 12.2 Å². The maximum absolute atomic E-state index is 6.15. The van der Waals surface area contributed by atoms with E-state index in [9.17, 15) is 0 Å². The molecular formula is C15H22BrNO. The number of rotatable bonds is 3. The first-order chi connectivity index (χ1) is 8.36. The SMILES string of the molecule is CNC1CC(Oc2cc(C)c(Br)c(C)c2)C1(C)C. The summed E-state index contributed by atoms with van der Waals surface area (Å²) in [6, 6.07) is 4.78. The minimum atomic E-state index is 0.198. The van der Waals surface area contributed by atoms with Gasteiger partial charge in [0.25, 0.3) is 0 Å². The van der Waals surface area contributed by atoms with E-state index in [4.69, 9.17) is 4.74 Å². The van der Waals surface area contributed by atoms with Crippen LogP contribution in [0.2, 0.25) is 0 Å². The summed E-state index contributed by atoms with van der Waals surface area (Å²) in [5, 5.41) is 3.35. The summed E-state index contributed by atoms with van der Waals surface area (Å²) in [4.78, 5) is 0. The van der Waals surface area contributed by atoms with Gasteiger partial charge in [0.15, 0.2) is 0 Å². The number of benzene rings is 1. The van der Waals surface area contributed by atoms with Crippen LogP contribution < -0.4 is 10.1 Å². The van der Waals surface area contributed by atoms with Gasteiger partial charge in [-0.25, -0.2) is 0 Å². The van der Waals surface area contributed by atoms with E-state index in [1.54, 1.807) is 0 Å². The van der Waals surface area contributed by atoms with E-state index in [2.05, 4.69) is 61.1 Å². The highest BCUT2D eigenvalue weighted by atomic mass is 79.9. The molecule has 18 heavy (non-hydrogen) atoms. The van der Waals surface area contributed by atoms with Crippen molar-refractivity contribution in [1.29, 1.82) is 0 Å². The van der Waals surface area contributed by atoms with E-state index in [0.29, 0.717) is 12.1 Å². The molecule has 1 N–H and O–H groups in total. The first kappa shape index (κ1) is 13.9. The van der Waals surface area contributed by atoms with Crippen LogP contribution in [0.3, 0.4) is 0 Å². The van der Waals surface area contributed by atoms with Crippen LogP contribution in [0.4, 0.5) is 0 Å². The Bertz CT molecular complexity index is 433. The molecule has 2 rings (SSSR count). The maximum Gasteiger partial charge on any atom is 0.120 e. The van der Waals surface area contributed by atoms with Crippen molar-refractivity contribution in [2.45, 2.75) is 46.3 Å². The highest BCUT2D eigenvalue weighted by Gasteiger charge is 2.49. The van der Waals surface area contributed by atoms with E-state index in [-0.39, 0.29) is 5.41 Å². The lowest BCUT2D eigenvalue weighted by Crippen LogP contribution is -2.61. The van der Waals surface area contributed by atoms with Crippen LogP contribution in [0.1, 0.15) is 31.4 Å². The Morgan fingerprint density at radius 3 is 2.28 bits per heavy atom. The molecule has 1 saturated carbocycles. The fraction of sp³-hybridized carbons (Fsp3) is 0.600. The van der Waals surface area contributed by atoms with Gasteiger partial charge in [0.1, 0.15) is 11.9 Å². The molecule has 0 radical (unpaired) electrons. The largest absolute Gasteiger partial charge is 0.490 e. The Morgan fingerprint density at radius 2 is 1.83 bits per heavy atom. The van der Waals surface area contributed by atoms with Gasteiger partial charge >= 0.3 is 0 Å². The molecule has 1 aromatic carbocycles. The van der Waals surface area contributed by atoms with Crippen LogP contribution >= 0.6 is 15.9 Å². The van der Waals surface area contributed by atoms with Crippen LogP contribution in [-0.2, 0) is 0 Å². The number of hydrogen-bond donors (Lipinski definition) is 1. The Morgan fingerprint density at radius 1 is 1.28 bits per heavy atom. The second-order valence-electron chi connectivity index (χ2n) is 5.88. The monoisotopic (exact) mass is 311 g/mol. The van der Waals surface area contributed by atoms with Crippen LogP contribution in [0, 0.1) is 19.3 Å². The van der Waals surface area contributed by atoms with Gasteiger partial charge in [-0.2, -0.15) is 0 Å². The molecule has 1 aliphatic carbocycles. The molecule has 1 fully saturated rings. The molecule has 0 saturated heterocycles. The summed E-state index contributed by atoms with van der Waals surface area (Å²) in [6.07, 6.45) is 1.38. The molecule has 3 heteroatoms. The lowest BCUT2D eigenvalue weighted by molar-refractivity contribution is -0.0521. The minimum absolute atomic E-state index is 0.198. The van der Waals surface area contributed by atoms with Gasteiger partial charge in [0.05, 0.1) is 0 Å². The van der Waals surface area contributed by atoms with E-state index in [1.807, 2.05) is 7.05 Å². The van der Waals surface area contributed by atoms with Crippen molar-refractivity contribution in [3.63, 3.8) is 0 Å². The number of ether oxygens (including phenoxy) is 1. The predicted molar refractivity (Wildman–Crippen MR) is 79.3 cm³/mol. The zero-order valence-electron chi connectivity index (χ0n) is 11.8. The number of aryl methyl sites for hydroxylation is 2. The third-order valence-electron chi connectivity index (χ3n) is 4.21. The summed E-state index contributed by atoms with van der Waals surface area (Å²) in [6.45, 7) is 8.74. The Labute approximate surface area is 118 Å². The van der Waals surface area contributed by atoms with E-state index < -0.39 is 0 Å². The number of halogens is 1. The normalized spacial score (nSPS) is 25.7. The summed E-state index contributed by atoms with van der Waals surface area (Å²) in [7, 11) is 2.02. The number of nitrogens with one attached hydrogen (secondary N) is 1. The molecule has 2 atom stereocenters. The first-order valence-corrected chi connectivity index (χ1v) is 7.26. The molecule has 0 aliphatic heterocycles. The van der Waals surface area contributed by atoms with Crippen LogP contribution in [0.5, 0.6) is 5.75 Å². The van der Waals surface area contributed by atoms with Gasteiger partial charge in [-0.3, -0.25) is 0 Å². The molecule has 1 aromatic rings. The fourth-order valence-corrected chi connectivity index (χ4v) is 2.94. The predicted octanol–water partition coefficient (Wildman–Crippen LogP) is 3.83. The molecule has 0 spiro atoms. The fourth-order valence-electron chi connectivity index (χ4n) is 2.71. The summed E-state index contributed by atoms with van der Waals surface area (Å²) in [5.41, 5.74) is 2.66. The molecule has 100 valence electrons. The van der Waals surface area contributed by atoms with E-state index in [1.165, 1.54) is 15.6 Å². The molecule has 0 aromatic heterocycles. The van der Waals surface area contributed by atoms with Crippen molar-refractivity contribution < 1.29 is 4.74 Å². The Hall–Kier alpha value is -0.540. The molecule has 2 nitrogen and oxygen atoms in total. The highest BCUT2D eigenvalue weighted by molar-refractivity contribution is 9.10. The average molecular weight is 312 g/mol. The third kappa shape index (κ3) is 2.30. The molecule has 0 heterocycles. The lowest BCUT2D eigenvalue weighted by Gasteiger charge is -2.51. The van der Waals surface area contributed by atoms with Crippen LogP contribution in [0.25, 0.3) is 0 Å². The third-order valence-corrected chi connectivity index (χ3v) is 5.47. The van der Waals surface area contributed by atoms with Crippen molar-refractivity contribution in [1.82, 2.24) is 5.32 Å². The van der Waals surface area contributed by atoms with Gasteiger partial charge in [-0.1, -0.05) is 29.8 Å². The van der Waals surface area contributed by atoms with Crippen molar-refractivity contribution in [3.8, 4) is 5.75 Å². The van der Waals surface area contributed by atoms with Crippen LogP contribution in [0.15, 0.2) is 16.6 Å². The zero-order valence-corrected chi connectivity index (χ0v) is 13.4. The van der Waals surface area contributed by atoms with E-state index >= 15 is 0 Å². The summed E-state index contributed by atoms with van der Waals surface area (Å²) >= 11 is 3.59. The van der Waals surface area contributed by atoms with Gasteiger partial charge in [-0.05, 0) is 44.2 Å². The quantitative estimate of drug-likeness (QED) is 0.916. The zero-order chi connectivity index (χ0) is 13.5. The van der Waals surface area contributed by atoms with Gasteiger partial charge in [0.2, 0.25) is 0 Å². The van der Waals surface area contributed by atoms with Crippen LogP contribution in [-0.4, -0.2) is 19.2 Å². The van der Waals surface area contributed by atoms with Gasteiger partial charge in [-0.15, -0.1) is 0 Å². The number of hydrogen-bond acceptors (Lipinski definition) is 2. The van der Waals surface area contributed by atoms with Crippen molar-refractivity contribution in [2.75, 3.05) is 7.05 Å². The topological polar surface area (TPSA) is 21.3 Å². The van der Waals surface area contributed by atoms with Gasteiger partial charge < -0.3 is 10.1 Å². The summed E-state index contributed by atoms with van der Waals surface area (Å²) < 4.78 is 7.33. The summed E-state index contributed by atoms with van der Waals surface area (Å²) in [5.74, 6) is 0.987. The molecule has 0 amide bonds. The minimum Gasteiger partial charge on any atom is -0.490 e. The average Bonchev–Trinajstić information content (AvgIpc) is 2.30. The van der Waals surface area contributed by atoms with Crippen molar-refractivity contribution >= 4 is 15.9 Å². The second kappa shape index (κ2) is 4.86. The molecule has 2 unspecified atom stereocenters. The molecule has 1 aliphatic rings. The first-order valence-electron chi connectivity index (χ1n) is 6.47. The second-order valence-corrected chi connectivity index (χ2v) is 6.67. The standard InChI is InChI=1S/C15H22BrNO/c1-9-6-11(7-10(2)14(9)16)18-13-8-12(17-5)15(13,3)4/h6-7,12-13,17H,8H2,1-5H3. The smallest absolute Gasteiger partial charge is 0.120 e. The molecular weight excluding hydrogens is 290 g/mol. The molecule has 0 bridgehead atoms. The highest BCUT2D eigenvalue weighted by Crippen LogP contribution is 2.43. The van der Waals surface area contributed by atoms with Gasteiger partial charge in [0, 0.05) is 22.4 Å². The Balaban J connectivity index is 2.12. The van der Waals surface area contributed by atoms with Crippen molar-refractivity contribution in [2.24, 2.45) is 5.41 Å². The maximum atomic E-state index is 6.15.